The van der Waals surface area contributed by atoms with Crippen LogP contribution >= 0.6 is 12.6 Å². The molecule has 0 spiro atoms. The number of ether oxygens (including phenoxy) is 1. The van der Waals surface area contributed by atoms with Gasteiger partial charge in [0.2, 0.25) is 5.91 Å². The smallest absolute Gasteiger partial charge is 0.337 e. The molecule has 0 aliphatic heterocycles. The largest absolute Gasteiger partial charge is 0.459 e. The number of carbonyl (C=O) groups excluding carboxylic acids is 2. The second kappa shape index (κ2) is 9.26. The standard InChI is InChI=1S/C22H25NO4S/c24-19(20(25)27-14-16-6-2-1-3-7-16)13-23-21(26)22(15-28)11-10-17-8-4-5-9-18(17)12-22/h1-9,19,24,28H,10-15H2,(H,23,26). The highest BCUT2D eigenvalue weighted by molar-refractivity contribution is 7.80. The first-order valence-corrected chi connectivity index (χ1v) is 10.0. The van der Waals surface area contributed by atoms with E-state index in [1.165, 1.54) is 5.56 Å². The van der Waals surface area contributed by atoms with Gasteiger partial charge >= 0.3 is 5.97 Å². The third-order valence-electron chi connectivity index (χ3n) is 5.26. The molecule has 148 valence electrons. The summed E-state index contributed by atoms with van der Waals surface area (Å²) in [6, 6.07) is 17.3. The van der Waals surface area contributed by atoms with E-state index in [0.717, 1.165) is 17.5 Å². The van der Waals surface area contributed by atoms with Crippen LogP contribution in [0, 0.1) is 5.41 Å². The maximum Gasteiger partial charge on any atom is 0.337 e. The summed E-state index contributed by atoms with van der Waals surface area (Å²) in [7, 11) is 0. The maximum absolute atomic E-state index is 12.8. The predicted octanol–water partition coefficient (Wildman–Crippen LogP) is 2.31. The number of thiol groups is 1. The number of aryl methyl sites for hydroxylation is 1. The summed E-state index contributed by atoms with van der Waals surface area (Å²) in [5, 5.41) is 12.8. The van der Waals surface area contributed by atoms with Crippen molar-refractivity contribution in [3.05, 3.63) is 71.3 Å². The Morgan fingerprint density at radius 2 is 1.79 bits per heavy atom. The van der Waals surface area contributed by atoms with E-state index in [2.05, 4.69) is 24.0 Å². The molecule has 28 heavy (non-hydrogen) atoms. The fraction of sp³-hybridized carbons (Fsp3) is 0.364. The third kappa shape index (κ3) is 4.75. The van der Waals surface area contributed by atoms with E-state index in [9.17, 15) is 14.7 Å². The zero-order valence-corrected chi connectivity index (χ0v) is 16.5. The molecule has 0 fully saturated rings. The number of rotatable bonds is 7. The van der Waals surface area contributed by atoms with Gasteiger partial charge < -0.3 is 15.2 Å². The highest BCUT2D eigenvalue weighted by atomic mass is 32.1. The molecule has 3 rings (SSSR count). The number of aliphatic hydroxyl groups excluding tert-OH is 1. The summed E-state index contributed by atoms with van der Waals surface area (Å²) in [5.74, 6) is -0.535. The van der Waals surface area contributed by atoms with Crippen LogP contribution in [0.2, 0.25) is 0 Å². The van der Waals surface area contributed by atoms with Gasteiger partial charge in [-0.25, -0.2) is 4.79 Å². The summed E-state index contributed by atoms with van der Waals surface area (Å²) < 4.78 is 5.11. The SMILES string of the molecule is O=C(OCc1ccccc1)C(O)CNC(=O)C1(CS)CCc2ccccc2C1. The second-order valence-electron chi connectivity index (χ2n) is 7.20. The van der Waals surface area contributed by atoms with Crippen molar-refractivity contribution in [3.63, 3.8) is 0 Å². The molecule has 6 heteroatoms. The Hall–Kier alpha value is -2.31. The van der Waals surface area contributed by atoms with Crippen molar-refractivity contribution in [2.24, 2.45) is 5.41 Å². The second-order valence-corrected chi connectivity index (χ2v) is 7.52. The van der Waals surface area contributed by atoms with Crippen LogP contribution in [0.5, 0.6) is 0 Å². The maximum atomic E-state index is 12.8. The first-order valence-electron chi connectivity index (χ1n) is 9.39. The number of esters is 1. The minimum Gasteiger partial charge on any atom is -0.459 e. The lowest BCUT2D eigenvalue weighted by atomic mass is 9.72. The van der Waals surface area contributed by atoms with E-state index >= 15 is 0 Å². The lowest BCUT2D eigenvalue weighted by molar-refractivity contribution is -0.154. The predicted molar refractivity (Wildman–Crippen MR) is 110 cm³/mol. The molecule has 2 atom stereocenters. The molecular weight excluding hydrogens is 374 g/mol. The van der Waals surface area contributed by atoms with Crippen molar-refractivity contribution in [1.29, 1.82) is 0 Å². The molecular formula is C22H25NO4S. The van der Waals surface area contributed by atoms with Gasteiger partial charge in [0.25, 0.3) is 0 Å². The van der Waals surface area contributed by atoms with Crippen LogP contribution in [0.25, 0.3) is 0 Å². The summed E-state index contributed by atoms with van der Waals surface area (Å²) in [6.07, 6.45) is 0.702. The van der Waals surface area contributed by atoms with Crippen molar-refractivity contribution in [3.8, 4) is 0 Å². The normalized spacial score (nSPS) is 19.4. The van der Waals surface area contributed by atoms with Crippen LogP contribution in [0.4, 0.5) is 0 Å². The molecule has 0 heterocycles. The van der Waals surface area contributed by atoms with Crippen LogP contribution in [0.15, 0.2) is 54.6 Å². The number of benzene rings is 2. The Bertz CT molecular complexity index is 826. The lowest BCUT2D eigenvalue weighted by Crippen LogP contribution is -2.49. The van der Waals surface area contributed by atoms with E-state index in [1.54, 1.807) is 0 Å². The molecule has 2 aromatic rings. The van der Waals surface area contributed by atoms with Gasteiger partial charge in [0.05, 0.1) is 12.0 Å². The summed E-state index contributed by atoms with van der Waals surface area (Å²) >= 11 is 4.42. The highest BCUT2D eigenvalue weighted by Gasteiger charge is 2.40. The Morgan fingerprint density at radius 3 is 2.50 bits per heavy atom. The first-order chi connectivity index (χ1) is 13.5. The fourth-order valence-electron chi connectivity index (χ4n) is 3.49. The van der Waals surface area contributed by atoms with Gasteiger partial charge in [0.1, 0.15) is 6.61 Å². The van der Waals surface area contributed by atoms with E-state index in [1.807, 2.05) is 48.5 Å². The van der Waals surface area contributed by atoms with Crippen LogP contribution in [-0.4, -0.2) is 35.4 Å². The van der Waals surface area contributed by atoms with Crippen LogP contribution in [0.1, 0.15) is 23.1 Å². The molecule has 0 bridgehead atoms. The molecule has 0 aromatic heterocycles. The van der Waals surface area contributed by atoms with Gasteiger partial charge in [-0.15, -0.1) is 0 Å². The molecule has 0 radical (unpaired) electrons. The number of hydrogen-bond donors (Lipinski definition) is 3. The molecule has 0 saturated carbocycles. The van der Waals surface area contributed by atoms with E-state index in [0.29, 0.717) is 18.6 Å². The topological polar surface area (TPSA) is 75.6 Å². The first kappa shape index (κ1) is 20.4. The Labute approximate surface area is 170 Å². The number of nitrogens with one attached hydrogen (secondary N) is 1. The average molecular weight is 400 g/mol. The van der Waals surface area contributed by atoms with Gasteiger partial charge in [-0.1, -0.05) is 54.6 Å². The number of aliphatic hydroxyl groups is 1. The van der Waals surface area contributed by atoms with Crippen molar-refractivity contribution in [1.82, 2.24) is 5.32 Å². The van der Waals surface area contributed by atoms with Crippen LogP contribution in [-0.2, 0) is 33.8 Å². The summed E-state index contributed by atoms with van der Waals surface area (Å²) in [5.41, 5.74) is 2.62. The Kier molecular flexibility index (Phi) is 6.75. The van der Waals surface area contributed by atoms with Crippen molar-refractivity contribution in [2.45, 2.75) is 32.0 Å². The number of fused-ring (bicyclic) bond motifs is 1. The number of amides is 1. The molecule has 0 saturated heterocycles. The van der Waals surface area contributed by atoms with E-state index in [-0.39, 0.29) is 19.1 Å². The fourth-order valence-corrected chi connectivity index (χ4v) is 3.90. The minimum absolute atomic E-state index is 0.0854. The summed E-state index contributed by atoms with van der Waals surface area (Å²) in [4.78, 5) is 24.8. The molecule has 1 aliphatic carbocycles. The van der Waals surface area contributed by atoms with Gasteiger partial charge in [0.15, 0.2) is 6.10 Å². The van der Waals surface area contributed by atoms with Crippen LogP contribution in [0.3, 0.4) is 0 Å². The van der Waals surface area contributed by atoms with Gasteiger partial charge in [-0.05, 0) is 36.0 Å². The molecule has 2 aromatic carbocycles. The highest BCUT2D eigenvalue weighted by Crippen LogP contribution is 2.36. The van der Waals surface area contributed by atoms with Gasteiger partial charge in [-0.2, -0.15) is 12.6 Å². The van der Waals surface area contributed by atoms with Crippen molar-refractivity contribution >= 4 is 24.5 Å². The van der Waals surface area contributed by atoms with Crippen molar-refractivity contribution < 1.29 is 19.4 Å². The monoisotopic (exact) mass is 399 g/mol. The van der Waals surface area contributed by atoms with Crippen molar-refractivity contribution in [2.75, 3.05) is 12.3 Å². The zero-order chi connectivity index (χ0) is 20.0. The molecule has 2 N–H and O–H groups in total. The zero-order valence-electron chi connectivity index (χ0n) is 15.6. The molecule has 1 aliphatic rings. The quantitative estimate of drug-likeness (QED) is 0.493. The van der Waals surface area contributed by atoms with Crippen LogP contribution < -0.4 is 5.32 Å². The minimum atomic E-state index is -1.40. The Balaban J connectivity index is 1.53. The van der Waals surface area contributed by atoms with Gasteiger partial charge in [0, 0.05) is 5.75 Å². The molecule has 5 nitrogen and oxygen atoms in total. The number of hydrogen-bond acceptors (Lipinski definition) is 5. The lowest BCUT2D eigenvalue weighted by Gasteiger charge is -2.36. The number of carbonyl (C=O) groups is 2. The van der Waals surface area contributed by atoms with Gasteiger partial charge in [-0.3, -0.25) is 4.79 Å². The summed E-state index contributed by atoms with van der Waals surface area (Å²) in [6.45, 7) is -0.0916. The van der Waals surface area contributed by atoms with E-state index < -0.39 is 17.5 Å². The Morgan fingerprint density at radius 1 is 1.11 bits per heavy atom. The van der Waals surface area contributed by atoms with E-state index in [4.69, 9.17) is 4.74 Å². The molecule has 1 amide bonds. The third-order valence-corrected chi connectivity index (χ3v) is 5.86. The average Bonchev–Trinajstić information content (AvgIpc) is 2.75. The molecule has 2 unspecified atom stereocenters.